The highest BCUT2D eigenvalue weighted by molar-refractivity contribution is 9.10. The number of aromatic nitrogens is 1. The largest absolute Gasteiger partial charge is 0.348 e. The first kappa shape index (κ1) is 18.3. The molecular weight excluding hydrogens is 438 g/mol. The topological polar surface area (TPSA) is 42.3 Å². The molecule has 0 radical (unpaired) electrons. The summed E-state index contributed by atoms with van der Waals surface area (Å²) in [5.74, 6) is -1.91. The molecule has 0 spiro atoms. The third-order valence-corrected chi connectivity index (χ3v) is 7.09. The fourth-order valence-electron chi connectivity index (χ4n) is 3.41. The van der Waals surface area contributed by atoms with E-state index in [9.17, 15) is 17.2 Å². The van der Waals surface area contributed by atoms with Crippen LogP contribution in [0.3, 0.4) is 0 Å². The lowest BCUT2D eigenvalue weighted by Gasteiger charge is -2.36. The van der Waals surface area contributed by atoms with Crippen LogP contribution in [0.2, 0.25) is 0 Å². The molecule has 1 aromatic heterocycles. The Hall–Kier alpha value is -2.03. The van der Waals surface area contributed by atoms with E-state index in [0.717, 1.165) is 27.9 Å². The van der Waals surface area contributed by atoms with Crippen molar-refractivity contribution < 1.29 is 17.2 Å². The standard InChI is InChI=1S/C19H15BrF2N2O2S/c20-14-5-3-13(4-6-14)19-17-2-1-9-23(17)10-11-24(19)27(25,26)18-8-7-15(21)12-16(18)22/h1-9,12,19H,10-11H2/t19-/m1/s1. The molecule has 3 aromatic rings. The van der Waals surface area contributed by atoms with E-state index in [4.69, 9.17) is 0 Å². The molecule has 4 nitrogen and oxygen atoms in total. The molecule has 8 heteroatoms. The number of rotatable bonds is 3. The summed E-state index contributed by atoms with van der Waals surface area (Å²) in [6.45, 7) is 0.638. The second-order valence-corrected chi connectivity index (χ2v) is 9.05. The Morgan fingerprint density at radius 2 is 1.74 bits per heavy atom. The number of nitrogens with zero attached hydrogens (tertiary/aromatic N) is 2. The molecule has 0 N–H and O–H groups in total. The summed E-state index contributed by atoms with van der Waals surface area (Å²) >= 11 is 3.38. The lowest BCUT2D eigenvalue weighted by atomic mass is 10.0. The third-order valence-electron chi connectivity index (χ3n) is 4.66. The zero-order chi connectivity index (χ0) is 19.2. The number of hydrogen-bond acceptors (Lipinski definition) is 2. The summed E-state index contributed by atoms with van der Waals surface area (Å²) in [5.41, 5.74) is 1.57. The van der Waals surface area contributed by atoms with Gasteiger partial charge in [0.2, 0.25) is 10.0 Å². The Labute approximate surface area is 164 Å². The Balaban J connectivity index is 1.86. The zero-order valence-electron chi connectivity index (χ0n) is 14.0. The number of fused-ring (bicyclic) bond motifs is 1. The fraction of sp³-hybridized carbons (Fsp3) is 0.158. The van der Waals surface area contributed by atoms with Gasteiger partial charge in [-0.1, -0.05) is 28.1 Å². The summed E-state index contributed by atoms with van der Waals surface area (Å²) < 4.78 is 58.1. The minimum Gasteiger partial charge on any atom is -0.348 e. The van der Waals surface area contributed by atoms with Crippen LogP contribution in [-0.4, -0.2) is 23.8 Å². The first-order chi connectivity index (χ1) is 12.9. The monoisotopic (exact) mass is 452 g/mol. The third kappa shape index (κ3) is 3.22. The van der Waals surface area contributed by atoms with Crippen molar-refractivity contribution >= 4 is 26.0 Å². The Morgan fingerprint density at radius 1 is 1.00 bits per heavy atom. The van der Waals surface area contributed by atoms with Gasteiger partial charge in [-0.2, -0.15) is 4.31 Å². The molecule has 0 amide bonds. The maximum atomic E-state index is 14.3. The van der Waals surface area contributed by atoms with Crippen molar-refractivity contribution in [3.63, 3.8) is 0 Å². The maximum absolute atomic E-state index is 14.3. The van der Waals surface area contributed by atoms with E-state index < -0.39 is 32.6 Å². The SMILES string of the molecule is O=S(=O)(c1ccc(F)cc1F)N1CCn2cccc2[C@H]1c1ccc(Br)cc1. The van der Waals surface area contributed by atoms with Crippen LogP contribution in [0.4, 0.5) is 8.78 Å². The maximum Gasteiger partial charge on any atom is 0.246 e. The number of halogens is 3. The van der Waals surface area contributed by atoms with Crippen molar-refractivity contribution in [2.45, 2.75) is 17.5 Å². The first-order valence-corrected chi connectivity index (χ1v) is 10.5. The molecule has 0 fully saturated rings. The summed E-state index contributed by atoms with van der Waals surface area (Å²) in [7, 11) is -4.17. The molecular formula is C19H15BrF2N2O2S. The van der Waals surface area contributed by atoms with Gasteiger partial charge in [0.1, 0.15) is 16.5 Å². The van der Waals surface area contributed by atoms with Crippen molar-refractivity contribution in [2.24, 2.45) is 0 Å². The molecule has 1 aliphatic rings. The van der Waals surface area contributed by atoms with E-state index in [1.807, 2.05) is 47.2 Å². The predicted molar refractivity (Wildman–Crippen MR) is 101 cm³/mol. The van der Waals surface area contributed by atoms with Gasteiger partial charge in [-0.15, -0.1) is 0 Å². The molecule has 0 saturated carbocycles. The van der Waals surface area contributed by atoms with E-state index in [2.05, 4.69) is 15.9 Å². The molecule has 0 unspecified atom stereocenters. The lowest BCUT2D eigenvalue weighted by Crippen LogP contribution is -2.42. The molecule has 0 aliphatic carbocycles. The van der Waals surface area contributed by atoms with Gasteiger partial charge in [-0.25, -0.2) is 17.2 Å². The Bertz CT molecular complexity index is 1100. The van der Waals surface area contributed by atoms with Crippen molar-refractivity contribution in [3.05, 3.63) is 88.2 Å². The molecule has 1 aliphatic heterocycles. The predicted octanol–water partition coefficient (Wildman–Crippen LogP) is 4.32. The van der Waals surface area contributed by atoms with Gasteiger partial charge >= 0.3 is 0 Å². The van der Waals surface area contributed by atoms with Crippen molar-refractivity contribution in [1.82, 2.24) is 8.87 Å². The molecule has 2 aromatic carbocycles. The highest BCUT2D eigenvalue weighted by Gasteiger charge is 2.38. The number of benzene rings is 2. The van der Waals surface area contributed by atoms with E-state index in [0.29, 0.717) is 12.6 Å². The Morgan fingerprint density at radius 3 is 2.44 bits per heavy atom. The van der Waals surface area contributed by atoms with Crippen LogP contribution in [0.25, 0.3) is 0 Å². The minimum absolute atomic E-state index is 0.182. The van der Waals surface area contributed by atoms with Gasteiger partial charge in [0.15, 0.2) is 0 Å². The van der Waals surface area contributed by atoms with Gasteiger partial charge in [0.05, 0.1) is 6.04 Å². The second kappa shape index (κ2) is 6.85. The van der Waals surface area contributed by atoms with Crippen LogP contribution >= 0.6 is 15.9 Å². The van der Waals surface area contributed by atoms with Crippen LogP contribution in [0.1, 0.15) is 17.3 Å². The quantitative estimate of drug-likeness (QED) is 0.593. The van der Waals surface area contributed by atoms with Gasteiger partial charge in [-0.05, 0) is 42.0 Å². The highest BCUT2D eigenvalue weighted by atomic mass is 79.9. The normalized spacial score (nSPS) is 17.7. The molecule has 4 rings (SSSR count). The van der Waals surface area contributed by atoms with Crippen LogP contribution < -0.4 is 0 Å². The molecule has 1 atom stereocenters. The van der Waals surface area contributed by atoms with Crippen LogP contribution in [0, 0.1) is 11.6 Å². The van der Waals surface area contributed by atoms with Crippen molar-refractivity contribution in [1.29, 1.82) is 0 Å². The number of hydrogen-bond donors (Lipinski definition) is 0. The lowest BCUT2D eigenvalue weighted by molar-refractivity contribution is 0.297. The van der Waals surface area contributed by atoms with Crippen LogP contribution in [0.15, 0.2) is 70.2 Å². The molecule has 0 saturated heterocycles. The minimum atomic E-state index is -4.17. The van der Waals surface area contributed by atoms with E-state index >= 15 is 0 Å². The van der Waals surface area contributed by atoms with Gasteiger partial charge in [-0.3, -0.25) is 0 Å². The molecule has 0 bridgehead atoms. The van der Waals surface area contributed by atoms with Crippen molar-refractivity contribution in [2.75, 3.05) is 6.54 Å². The van der Waals surface area contributed by atoms with Gasteiger partial charge < -0.3 is 4.57 Å². The average molecular weight is 453 g/mol. The smallest absolute Gasteiger partial charge is 0.246 e. The highest BCUT2D eigenvalue weighted by Crippen LogP contribution is 2.37. The zero-order valence-corrected chi connectivity index (χ0v) is 16.4. The summed E-state index contributed by atoms with van der Waals surface area (Å²) in [6.07, 6.45) is 1.89. The number of sulfonamides is 1. The summed E-state index contributed by atoms with van der Waals surface area (Å²) in [5, 5.41) is 0. The first-order valence-electron chi connectivity index (χ1n) is 8.25. The van der Waals surface area contributed by atoms with Crippen LogP contribution in [-0.2, 0) is 16.6 Å². The van der Waals surface area contributed by atoms with Gasteiger partial charge in [0.25, 0.3) is 0 Å². The van der Waals surface area contributed by atoms with E-state index in [1.54, 1.807) is 0 Å². The van der Waals surface area contributed by atoms with Crippen LogP contribution in [0.5, 0.6) is 0 Å². The summed E-state index contributed by atoms with van der Waals surface area (Å²) in [4.78, 5) is -0.522. The van der Waals surface area contributed by atoms with E-state index in [1.165, 1.54) is 4.31 Å². The molecule has 27 heavy (non-hydrogen) atoms. The second-order valence-electron chi connectivity index (χ2n) is 6.27. The fourth-order valence-corrected chi connectivity index (χ4v) is 5.31. The van der Waals surface area contributed by atoms with E-state index in [-0.39, 0.29) is 6.54 Å². The van der Waals surface area contributed by atoms with Gasteiger partial charge in [0, 0.05) is 35.5 Å². The molecule has 2 heterocycles. The van der Waals surface area contributed by atoms with Crippen molar-refractivity contribution in [3.8, 4) is 0 Å². The summed E-state index contributed by atoms with van der Waals surface area (Å²) in [6, 6.07) is 13.0. The average Bonchev–Trinajstić information content (AvgIpc) is 3.10. The Kier molecular flexibility index (Phi) is 4.65. The molecule has 140 valence electrons.